The summed E-state index contributed by atoms with van der Waals surface area (Å²) >= 11 is 0. The highest BCUT2D eigenvalue weighted by Crippen LogP contribution is 2.14. The highest BCUT2D eigenvalue weighted by atomic mass is 127. The summed E-state index contributed by atoms with van der Waals surface area (Å²) in [5.74, 6) is 2.69. The Labute approximate surface area is 147 Å². The summed E-state index contributed by atoms with van der Waals surface area (Å²) in [5, 5.41) is 13.5. The second kappa shape index (κ2) is 10.2. The van der Waals surface area contributed by atoms with Crippen LogP contribution in [0.1, 0.15) is 32.5 Å². The largest absolute Gasteiger partial charge is 0.461 e. The fourth-order valence-electron chi connectivity index (χ4n) is 1.76. The molecule has 3 N–H and O–H groups in total. The van der Waals surface area contributed by atoms with E-state index in [9.17, 15) is 0 Å². The number of aromatic nitrogens is 3. The Morgan fingerprint density at radius 1 is 1.36 bits per heavy atom. The number of unbranched alkanes of at least 4 members (excludes halogenated alkanes) is 1. The number of aliphatic imine (C=N–C) groups is 1. The van der Waals surface area contributed by atoms with E-state index in [1.807, 2.05) is 19.1 Å². The van der Waals surface area contributed by atoms with Crippen molar-refractivity contribution in [1.29, 1.82) is 0 Å². The lowest BCUT2D eigenvalue weighted by molar-refractivity contribution is 0.577. The van der Waals surface area contributed by atoms with Crippen LogP contribution in [0.3, 0.4) is 0 Å². The molecule has 0 aliphatic heterocycles. The van der Waals surface area contributed by atoms with Crippen molar-refractivity contribution >= 4 is 29.9 Å². The van der Waals surface area contributed by atoms with Gasteiger partial charge in [0, 0.05) is 13.1 Å². The summed E-state index contributed by atoms with van der Waals surface area (Å²) in [6.07, 6.45) is 3.88. The van der Waals surface area contributed by atoms with Crippen LogP contribution in [0.25, 0.3) is 11.6 Å². The lowest BCUT2D eigenvalue weighted by Gasteiger charge is -2.09. The Kier molecular flexibility index (Phi) is 8.56. The zero-order valence-corrected chi connectivity index (χ0v) is 15.3. The van der Waals surface area contributed by atoms with Gasteiger partial charge in [-0.1, -0.05) is 13.3 Å². The van der Waals surface area contributed by atoms with Gasteiger partial charge in [-0.05, 0) is 25.5 Å². The van der Waals surface area contributed by atoms with Gasteiger partial charge in [-0.2, -0.15) is 0 Å². The maximum Gasteiger partial charge on any atom is 0.216 e. The summed E-state index contributed by atoms with van der Waals surface area (Å²) in [6, 6.07) is 3.64. The fraction of sp³-hybridized carbons (Fsp3) is 0.500. The van der Waals surface area contributed by atoms with Gasteiger partial charge in [0.25, 0.3) is 0 Å². The minimum atomic E-state index is 0. The number of nitrogens with zero attached hydrogens (tertiary/aromatic N) is 3. The van der Waals surface area contributed by atoms with Crippen LogP contribution in [0.2, 0.25) is 0 Å². The molecule has 0 unspecified atom stereocenters. The van der Waals surface area contributed by atoms with E-state index < -0.39 is 0 Å². The van der Waals surface area contributed by atoms with Crippen molar-refractivity contribution < 1.29 is 4.42 Å². The van der Waals surface area contributed by atoms with Crippen LogP contribution < -0.4 is 10.6 Å². The number of halogens is 1. The van der Waals surface area contributed by atoms with E-state index in [1.165, 1.54) is 0 Å². The number of aromatic amines is 1. The number of hydrogen-bond donors (Lipinski definition) is 3. The molecule has 0 atom stereocenters. The monoisotopic (exact) mass is 418 g/mol. The second-order valence-corrected chi connectivity index (χ2v) is 4.56. The molecule has 0 bridgehead atoms. The van der Waals surface area contributed by atoms with Crippen LogP contribution in [0.15, 0.2) is 27.8 Å². The molecule has 122 valence electrons. The van der Waals surface area contributed by atoms with Crippen molar-refractivity contribution in [2.75, 3.05) is 13.1 Å². The summed E-state index contributed by atoms with van der Waals surface area (Å²) < 4.78 is 5.26. The first-order valence-electron chi connectivity index (χ1n) is 7.30. The van der Waals surface area contributed by atoms with E-state index in [0.29, 0.717) is 24.0 Å². The van der Waals surface area contributed by atoms with E-state index in [4.69, 9.17) is 4.42 Å². The SMILES string of the molecule is CCCCNC(=NCc1nc(-c2ccco2)n[nH]1)NCC.I. The molecular formula is C14H23IN6O. The van der Waals surface area contributed by atoms with Gasteiger partial charge in [-0.25, -0.2) is 9.98 Å². The van der Waals surface area contributed by atoms with Gasteiger partial charge < -0.3 is 15.1 Å². The maximum absolute atomic E-state index is 5.26. The van der Waals surface area contributed by atoms with Gasteiger partial charge in [0.05, 0.1) is 6.26 Å². The van der Waals surface area contributed by atoms with Gasteiger partial charge >= 0.3 is 0 Å². The van der Waals surface area contributed by atoms with Crippen molar-refractivity contribution in [3.63, 3.8) is 0 Å². The number of hydrogen-bond acceptors (Lipinski definition) is 4. The first-order valence-corrected chi connectivity index (χ1v) is 7.30. The van der Waals surface area contributed by atoms with Crippen LogP contribution in [0.4, 0.5) is 0 Å². The second-order valence-electron chi connectivity index (χ2n) is 4.56. The molecule has 0 saturated heterocycles. The Balaban J connectivity index is 0.00000242. The average molecular weight is 418 g/mol. The highest BCUT2D eigenvalue weighted by molar-refractivity contribution is 14.0. The van der Waals surface area contributed by atoms with Crippen LogP contribution in [0.5, 0.6) is 0 Å². The molecule has 0 aromatic carbocycles. The van der Waals surface area contributed by atoms with Crippen molar-refractivity contribution in [2.45, 2.75) is 33.2 Å². The molecule has 22 heavy (non-hydrogen) atoms. The first-order chi connectivity index (χ1) is 10.3. The Morgan fingerprint density at radius 3 is 2.91 bits per heavy atom. The molecule has 2 aromatic heterocycles. The molecule has 0 fully saturated rings. The molecule has 2 aromatic rings. The third-order valence-electron chi connectivity index (χ3n) is 2.83. The van der Waals surface area contributed by atoms with Gasteiger partial charge in [0.2, 0.25) is 5.82 Å². The third-order valence-corrected chi connectivity index (χ3v) is 2.83. The molecule has 0 radical (unpaired) electrons. The highest BCUT2D eigenvalue weighted by Gasteiger charge is 2.07. The van der Waals surface area contributed by atoms with Crippen LogP contribution in [-0.2, 0) is 6.54 Å². The van der Waals surface area contributed by atoms with Gasteiger partial charge in [-0.15, -0.1) is 29.1 Å². The molecule has 2 rings (SSSR count). The molecule has 0 aliphatic rings. The topological polar surface area (TPSA) is 91.1 Å². The van der Waals surface area contributed by atoms with Gasteiger partial charge in [0.1, 0.15) is 12.4 Å². The quantitative estimate of drug-likeness (QED) is 0.278. The minimum Gasteiger partial charge on any atom is -0.461 e. The Hall–Kier alpha value is -1.58. The minimum absolute atomic E-state index is 0. The lowest BCUT2D eigenvalue weighted by Crippen LogP contribution is -2.37. The van der Waals surface area contributed by atoms with Crippen LogP contribution >= 0.6 is 24.0 Å². The maximum atomic E-state index is 5.26. The Bertz CT molecular complexity index is 551. The fourth-order valence-corrected chi connectivity index (χ4v) is 1.76. The summed E-state index contributed by atoms with van der Waals surface area (Å²) in [6.45, 7) is 6.38. The van der Waals surface area contributed by atoms with E-state index in [2.05, 4.69) is 37.7 Å². The molecular weight excluding hydrogens is 395 g/mol. The number of rotatable bonds is 7. The molecule has 0 amide bonds. The van der Waals surface area contributed by atoms with E-state index in [1.54, 1.807) is 6.26 Å². The molecule has 8 heteroatoms. The molecule has 0 aliphatic carbocycles. The van der Waals surface area contributed by atoms with Crippen molar-refractivity contribution in [3.05, 3.63) is 24.2 Å². The van der Waals surface area contributed by atoms with Crippen LogP contribution in [0, 0.1) is 0 Å². The number of nitrogens with one attached hydrogen (secondary N) is 3. The predicted octanol–water partition coefficient (Wildman–Crippen LogP) is 2.54. The summed E-state index contributed by atoms with van der Waals surface area (Å²) in [5.41, 5.74) is 0. The molecule has 0 saturated carbocycles. The predicted molar refractivity (Wildman–Crippen MR) is 97.2 cm³/mol. The van der Waals surface area contributed by atoms with E-state index >= 15 is 0 Å². The van der Waals surface area contributed by atoms with Gasteiger partial charge in [-0.3, -0.25) is 5.10 Å². The zero-order valence-electron chi connectivity index (χ0n) is 12.9. The number of furan rings is 1. The normalized spacial score (nSPS) is 11.1. The smallest absolute Gasteiger partial charge is 0.216 e. The van der Waals surface area contributed by atoms with Crippen molar-refractivity contribution in [2.24, 2.45) is 4.99 Å². The third kappa shape index (κ3) is 5.66. The van der Waals surface area contributed by atoms with Crippen molar-refractivity contribution in [3.8, 4) is 11.6 Å². The van der Waals surface area contributed by atoms with E-state index in [-0.39, 0.29) is 24.0 Å². The zero-order chi connectivity index (χ0) is 14.9. The summed E-state index contributed by atoms with van der Waals surface area (Å²) in [4.78, 5) is 8.84. The Morgan fingerprint density at radius 2 is 2.23 bits per heavy atom. The molecule has 7 nitrogen and oxygen atoms in total. The van der Waals surface area contributed by atoms with Crippen LogP contribution in [-0.4, -0.2) is 34.2 Å². The number of H-pyrrole nitrogens is 1. The van der Waals surface area contributed by atoms with E-state index in [0.717, 1.165) is 31.9 Å². The standard InChI is InChI=1S/C14H22N6O.HI/c1-3-5-8-16-14(15-4-2)17-10-12-18-13(20-19-12)11-7-6-9-21-11;/h6-7,9H,3-5,8,10H2,1-2H3,(H2,15,16,17)(H,18,19,20);1H. The molecule has 2 heterocycles. The lowest BCUT2D eigenvalue weighted by atomic mass is 10.3. The van der Waals surface area contributed by atoms with Crippen molar-refractivity contribution in [1.82, 2.24) is 25.8 Å². The number of guanidine groups is 1. The summed E-state index contributed by atoms with van der Waals surface area (Å²) in [7, 11) is 0. The average Bonchev–Trinajstić information content (AvgIpc) is 3.15. The first kappa shape index (κ1) is 18.5. The van der Waals surface area contributed by atoms with Gasteiger partial charge in [0.15, 0.2) is 11.7 Å². The molecule has 0 spiro atoms.